The number of piperidine rings is 1. The van der Waals surface area contributed by atoms with E-state index in [0.717, 1.165) is 31.9 Å². The van der Waals surface area contributed by atoms with Gasteiger partial charge in [-0.3, -0.25) is 0 Å². The Hall–Kier alpha value is -1.88. The smallest absolute Gasteiger partial charge is 0.123 e. The second-order valence-corrected chi connectivity index (χ2v) is 6.99. The first kappa shape index (κ1) is 16.6. The fourth-order valence-electron chi connectivity index (χ4n) is 4.10. The van der Waals surface area contributed by atoms with Crippen molar-refractivity contribution in [3.05, 3.63) is 65.7 Å². The van der Waals surface area contributed by atoms with Crippen molar-refractivity contribution in [3.63, 3.8) is 0 Å². The normalized spacial score (nSPS) is 28.5. The lowest BCUT2D eigenvalue weighted by molar-refractivity contribution is 0.182. The third-order valence-corrected chi connectivity index (χ3v) is 5.46. The molecule has 0 radical (unpaired) electrons. The molecule has 2 aromatic carbocycles. The van der Waals surface area contributed by atoms with E-state index >= 15 is 0 Å². The molecular weight excluding hydrogens is 312 g/mol. The van der Waals surface area contributed by atoms with Gasteiger partial charge in [-0.15, -0.1) is 0 Å². The molecule has 2 saturated heterocycles. The highest BCUT2D eigenvalue weighted by Crippen LogP contribution is 2.33. The minimum Gasteiger partial charge on any atom is -0.496 e. The number of hydrogen-bond donors (Lipinski definition) is 2. The summed E-state index contributed by atoms with van der Waals surface area (Å²) in [7, 11) is 1.73. The highest BCUT2D eigenvalue weighted by atomic mass is 16.5. The summed E-state index contributed by atoms with van der Waals surface area (Å²) < 4.78 is 11.2. The van der Waals surface area contributed by atoms with Crippen molar-refractivity contribution in [2.45, 2.75) is 31.1 Å². The maximum atomic E-state index is 5.71. The average molecular weight is 338 g/mol. The number of nitrogens with one attached hydrogen (secondary N) is 2. The van der Waals surface area contributed by atoms with E-state index < -0.39 is 0 Å². The Morgan fingerprint density at radius 1 is 1.08 bits per heavy atom. The highest BCUT2D eigenvalue weighted by molar-refractivity contribution is 5.33. The molecule has 2 aromatic rings. The fraction of sp³-hybridized carbons (Fsp3) is 0.429. The van der Waals surface area contributed by atoms with Gasteiger partial charge in [0, 0.05) is 36.2 Å². The van der Waals surface area contributed by atoms with E-state index in [9.17, 15) is 0 Å². The van der Waals surface area contributed by atoms with Gasteiger partial charge < -0.3 is 20.1 Å². The van der Waals surface area contributed by atoms with Crippen molar-refractivity contribution < 1.29 is 9.47 Å². The van der Waals surface area contributed by atoms with Crippen LogP contribution in [-0.4, -0.2) is 32.4 Å². The molecule has 0 saturated carbocycles. The van der Waals surface area contributed by atoms with Gasteiger partial charge in [-0.05, 0) is 18.1 Å². The van der Waals surface area contributed by atoms with Crippen molar-refractivity contribution >= 4 is 0 Å². The van der Waals surface area contributed by atoms with Gasteiger partial charge in [-0.1, -0.05) is 48.5 Å². The van der Waals surface area contributed by atoms with Crippen LogP contribution in [0.5, 0.6) is 5.75 Å². The summed E-state index contributed by atoms with van der Waals surface area (Å²) in [6, 6.07) is 20.1. The molecule has 25 heavy (non-hydrogen) atoms. The van der Waals surface area contributed by atoms with Crippen LogP contribution in [0, 0.1) is 5.92 Å². The number of methoxy groups -OCH3 is 1. The molecule has 4 unspecified atom stereocenters. The van der Waals surface area contributed by atoms with Crippen LogP contribution in [0.25, 0.3) is 0 Å². The summed E-state index contributed by atoms with van der Waals surface area (Å²) in [4.78, 5) is 0. The van der Waals surface area contributed by atoms with Gasteiger partial charge in [-0.25, -0.2) is 0 Å². The zero-order valence-electron chi connectivity index (χ0n) is 14.7. The van der Waals surface area contributed by atoms with Gasteiger partial charge in [0.25, 0.3) is 0 Å². The van der Waals surface area contributed by atoms with E-state index in [4.69, 9.17) is 9.47 Å². The third-order valence-electron chi connectivity index (χ3n) is 5.46. The minimum atomic E-state index is 0.304. The predicted molar refractivity (Wildman–Crippen MR) is 98.7 cm³/mol. The molecule has 2 N–H and O–H groups in total. The van der Waals surface area contributed by atoms with Crippen molar-refractivity contribution in [3.8, 4) is 5.75 Å². The largest absolute Gasteiger partial charge is 0.496 e. The number of benzene rings is 2. The molecule has 4 nitrogen and oxygen atoms in total. The molecule has 0 aromatic heterocycles. The molecule has 0 aliphatic carbocycles. The van der Waals surface area contributed by atoms with E-state index in [1.807, 2.05) is 12.1 Å². The van der Waals surface area contributed by atoms with E-state index in [1.165, 1.54) is 11.1 Å². The van der Waals surface area contributed by atoms with Gasteiger partial charge in [0.05, 0.1) is 20.3 Å². The quantitative estimate of drug-likeness (QED) is 0.880. The van der Waals surface area contributed by atoms with E-state index in [-0.39, 0.29) is 0 Å². The number of para-hydroxylation sites is 1. The Bertz CT molecular complexity index is 691. The third kappa shape index (κ3) is 3.56. The molecule has 2 aliphatic heterocycles. The predicted octanol–water partition coefficient (Wildman–Crippen LogP) is 2.90. The zero-order chi connectivity index (χ0) is 17.1. The van der Waals surface area contributed by atoms with Crippen LogP contribution in [0.1, 0.15) is 23.6 Å². The van der Waals surface area contributed by atoms with Crippen LogP contribution < -0.4 is 15.4 Å². The molecule has 2 heterocycles. The SMILES string of the molecule is COc1ccccc1CNC1CC2COCC2NC1c1ccccc1. The summed E-state index contributed by atoms with van der Waals surface area (Å²) >= 11 is 0. The molecule has 0 bridgehead atoms. The Balaban J connectivity index is 1.52. The monoisotopic (exact) mass is 338 g/mol. The minimum absolute atomic E-state index is 0.304. The average Bonchev–Trinajstić information content (AvgIpc) is 3.14. The molecule has 4 atom stereocenters. The summed E-state index contributed by atoms with van der Waals surface area (Å²) in [6.45, 7) is 2.50. The molecule has 0 spiro atoms. The number of hydrogen-bond acceptors (Lipinski definition) is 4. The van der Waals surface area contributed by atoms with Crippen LogP contribution in [0.4, 0.5) is 0 Å². The Kier molecular flexibility index (Phi) is 5.02. The van der Waals surface area contributed by atoms with Gasteiger partial charge in [-0.2, -0.15) is 0 Å². The topological polar surface area (TPSA) is 42.5 Å². The van der Waals surface area contributed by atoms with Gasteiger partial charge in [0.15, 0.2) is 0 Å². The molecule has 4 rings (SSSR count). The Morgan fingerprint density at radius 3 is 2.72 bits per heavy atom. The van der Waals surface area contributed by atoms with Crippen LogP contribution in [-0.2, 0) is 11.3 Å². The van der Waals surface area contributed by atoms with Gasteiger partial charge >= 0.3 is 0 Å². The molecule has 0 amide bonds. The van der Waals surface area contributed by atoms with Crippen molar-refractivity contribution in [1.82, 2.24) is 10.6 Å². The van der Waals surface area contributed by atoms with Crippen LogP contribution in [0.3, 0.4) is 0 Å². The molecular formula is C21H26N2O2. The molecule has 132 valence electrons. The van der Waals surface area contributed by atoms with Crippen LogP contribution in [0.15, 0.2) is 54.6 Å². The molecule has 2 aliphatic rings. The second-order valence-electron chi connectivity index (χ2n) is 6.99. The maximum absolute atomic E-state index is 5.71. The summed E-state index contributed by atoms with van der Waals surface area (Å²) in [5, 5.41) is 7.60. The number of rotatable bonds is 5. The van der Waals surface area contributed by atoms with Gasteiger partial charge in [0.2, 0.25) is 0 Å². The Labute approximate surface area is 149 Å². The first-order chi connectivity index (χ1) is 12.3. The lowest BCUT2D eigenvalue weighted by Crippen LogP contribution is -2.53. The highest BCUT2D eigenvalue weighted by Gasteiger charge is 2.40. The van der Waals surface area contributed by atoms with E-state index in [2.05, 4.69) is 53.1 Å². The van der Waals surface area contributed by atoms with Crippen molar-refractivity contribution in [2.24, 2.45) is 5.92 Å². The second kappa shape index (κ2) is 7.56. The summed E-state index contributed by atoms with van der Waals surface area (Å²) in [6.07, 6.45) is 1.13. The maximum Gasteiger partial charge on any atom is 0.123 e. The number of ether oxygens (including phenoxy) is 2. The Morgan fingerprint density at radius 2 is 1.88 bits per heavy atom. The van der Waals surface area contributed by atoms with Crippen LogP contribution in [0.2, 0.25) is 0 Å². The van der Waals surface area contributed by atoms with Crippen molar-refractivity contribution in [2.75, 3.05) is 20.3 Å². The first-order valence-electron chi connectivity index (χ1n) is 9.09. The van der Waals surface area contributed by atoms with Gasteiger partial charge in [0.1, 0.15) is 5.75 Å². The summed E-state index contributed by atoms with van der Waals surface area (Å²) in [5.41, 5.74) is 2.53. The number of fused-ring (bicyclic) bond motifs is 1. The first-order valence-corrected chi connectivity index (χ1v) is 9.09. The molecule has 4 heteroatoms. The lowest BCUT2D eigenvalue weighted by Gasteiger charge is -2.40. The fourth-order valence-corrected chi connectivity index (χ4v) is 4.10. The lowest BCUT2D eigenvalue weighted by atomic mass is 9.83. The summed E-state index contributed by atoms with van der Waals surface area (Å²) in [5.74, 6) is 1.53. The van der Waals surface area contributed by atoms with Crippen molar-refractivity contribution in [1.29, 1.82) is 0 Å². The van der Waals surface area contributed by atoms with E-state index in [1.54, 1.807) is 7.11 Å². The van der Waals surface area contributed by atoms with E-state index in [0.29, 0.717) is 24.0 Å². The zero-order valence-corrected chi connectivity index (χ0v) is 14.7. The van der Waals surface area contributed by atoms with Crippen LogP contribution >= 0.6 is 0 Å². The standard InChI is InChI=1S/C21H26N2O2/c1-24-20-10-6-5-9-16(20)12-22-18-11-17-13-25-14-19(17)23-21(18)15-7-3-2-4-8-15/h2-10,17-19,21-23H,11-14H2,1H3. The molecule has 2 fully saturated rings.